The van der Waals surface area contributed by atoms with E-state index < -0.39 is 0 Å². The van der Waals surface area contributed by atoms with E-state index in [0.29, 0.717) is 6.54 Å². The minimum absolute atomic E-state index is 0.589. The van der Waals surface area contributed by atoms with Crippen molar-refractivity contribution in [3.63, 3.8) is 0 Å². The van der Waals surface area contributed by atoms with Gasteiger partial charge in [-0.25, -0.2) is 4.98 Å². The Bertz CT molecular complexity index is 542. The van der Waals surface area contributed by atoms with Gasteiger partial charge in [0.05, 0.1) is 17.2 Å². The Morgan fingerprint density at radius 1 is 1.40 bits per heavy atom. The topological polar surface area (TPSA) is 75.3 Å². The molecule has 6 nitrogen and oxygen atoms in total. The predicted molar refractivity (Wildman–Crippen MR) is 80.0 cm³/mol. The summed E-state index contributed by atoms with van der Waals surface area (Å²) in [6, 6.07) is 1.82. The third-order valence-corrected chi connectivity index (χ3v) is 3.99. The lowest BCUT2D eigenvalue weighted by molar-refractivity contribution is 0.410. The summed E-state index contributed by atoms with van der Waals surface area (Å²) in [5.74, 6) is 0.748. The maximum absolute atomic E-state index is 4.78. The zero-order valence-corrected chi connectivity index (χ0v) is 12.8. The summed E-state index contributed by atoms with van der Waals surface area (Å²) >= 11 is 1.75. The summed E-state index contributed by atoms with van der Waals surface area (Å²) in [7, 11) is 1.75. The Morgan fingerprint density at radius 2 is 2.25 bits per heavy atom. The highest BCUT2D eigenvalue weighted by atomic mass is 32.1. The van der Waals surface area contributed by atoms with Crippen LogP contribution in [0.2, 0.25) is 0 Å². The molecule has 0 atom stereocenters. The molecule has 0 aliphatic rings. The average molecular weight is 293 g/mol. The van der Waals surface area contributed by atoms with Crippen LogP contribution in [0.15, 0.2) is 21.8 Å². The monoisotopic (exact) mass is 293 g/mol. The van der Waals surface area contributed by atoms with Crippen LogP contribution in [-0.2, 0) is 13.0 Å². The summed E-state index contributed by atoms with van der Waals surface area (Å²) < 4.78 is 4.78. The standard InChI is InChI=1S/C13H19N5OS/c1-9-10(2)20-12(17-9)4-6-15-13(14-3)16-8-11-5-7-19-18-11/h5,7H,4,6,8H2,1-3H3,(H2,14,15,16). The first-order valence-electron chi connectivity index (χ1n) is 6.45. The first-order chi connectivity index (χ1) is 9.69. The van der Waals surface area contributed by atoms with Crippen molar-refractivity contribution in [3.8, 4) is 0 Å². The number of aromatic nitrogens is 2. The van der Waals surface area contributed by atoms with Gasteiger partial charge in [0.15, 0.2) is 5.96 Å². The summed E-state index contributed by atoms with van der Waals surface area (Å²) in [6.07, 6.45) is 2.45. The molecule has 108 valence electrons. The molecular weight excluding hydrogens is 274 g/mol. The fourth-order valence-corrected chi connectivity index (χ4v) is 2.59. The van der Waals surface area contributed by atoms with Crippen LogP contribution in [0.25, 0.3) is 0 Å². The highest BCUT2D eigenvalue weighted by Crippen LogP contribution is 2.16. The van der Waals surface area contributed by atoms with Crippen LogP contribution >= 0.6 is 11.3 Å². The fourth-order valence-electron chi connectivity index (χ4n) is 1.66. The SMILES string of the molecule is CN=C(NCCc1nc(C)c(C)s1)NCc1ccon1. The number of nitrogens with one attached hydrogen (secondary N) is 2. The molecule has 0 amide bonds. The normalized spacial score (nSPS) is 11.7. The molecule has 7 heteroatoms. The van der Waals surface area contributed by atoms with Gasteiger partial charge in [0.25, 0.3) is 0 Å². The van der Waals surface area contributed by atoms with Crippen molar-refractivity contribution in [2.24, 2.45) is 4.99 Å². The van der Waals surface area contributed by atoms with Gasteiger partial charge in [-0.15, -0.1) is 11.3 Å². The second kappa shape index (κ2) is 7.04. The van der Waals surface area contributed by atoms with E-state index in [0.717, 1.165) is 35.3 Å². The maximum atomic E-state index is 4.78. The van der Waals surface area contributed by atoms with Crippen molar-refractivity contribution >= 4 is 17.3 Å². The zero-order chi connectivity index (χ0) is 14.4. The van der Waals surface area contributed by atoms with E-state index >= 15 is 0 Å². The van der Waals surface area contributed by atoms with Gasteiger partial charge >= 0.3 is 0 Å². The molecule has 2 N–H and O–H groups in total. The van der Waals surface area contributed by atoms with Crippen molar-refractivity contribution < 1.29 is 4.52 Å². The fraction of sp³-hybridized carbons (Fsp3) is 0.462. The Morgan fingerprint density at radius 3 is 2.85 bits per heavy atom. The van der Waals surface area contributed by atoms with Crippen LogP contribution in [0, 0.1) is 13.8 Å². The van der Waals surface area contributed by atoms with Gasteiger partial charge in [0.1, 0.15) is 12.0 Å². The molecule has 2 aromatic rings. The zero-order valence-electron chi connectivity index (χ0n) is 11.9. The van der Waals surface area contributed by atoms with E-state index in [1.807, 2.05) is 13.0 Å². The molecule has 0 fully saturated rings. The van der Waals surface area contributed by atoms with E-state index in [-0.39, 0.29) is 0 Å². The number of aliphatic imine (C=N–C) groups is 1. The number of hydrogen-bond acceptors (Lipinski definition) is 5. The molecule has 0 radical (unpaired) electrons. The van der Waals surface area contributed by atoms with Gasteiger partial charge < -0.3 is 15.2 Å². The second-order valence-corrected chi connectivity index (χ2v) is 5.63. The molecule has 0 aromatic carbocycles. The number of aryl methyl sites for hydroxylation is 2. The third-order valence-electron chi connectivity index (χ3n) is 2.86. The molecule has 0 saturated heterocycles. The molecule has 2 rings (SSSR count). The molecule has 2 aromatic heterocycles. The highest BCUT2D eigenvalue weighted by molar-refractivity contribution is 7.11. The molecule has 0 unspecified atom stereocenters. The Labute approximate surface area is 122 Å². The number of hydrogen-bond donors (Lipinski definition) is 2. The van der Waals surface area contributed by atoms with Crippen LogP contribution in [0.1, 0.15) is 21.3 Å². The highest BCUT2D eigenvalue weighted by Gasteiger charge is 2.04. The first-order valence-corrected chi connectivity index (χ1v) is 7.27. The quantitative estimate of drug-likeness (QED) is 0.647. The minimum Gasteiger partial charge on any atom is -0.364 e. The smallest absolute Gasteiger partial charge is 0.191 e. The van der Waals surface area contributed by atoms with Gasteiger partial charge in [-0.1, -0.05) is 5.16 Å². The number of nitrogens with zero attached hydrogens (tertiary/aromatic N) is 3. The summed E-state index contributed by atoms with van der Waals surface area (Å²) in [5.41, 5.74) is 1.97. The van der Waals surface area contributed by atoms with Gasteiger partial charge in [0.2, 0.25) is 0 Å². The molecule has 2 heterocycles. The van der Waals surface area contributed by atoms with E-state index in [2.05, 4.69) is 32.7 Å². The van der Waals surface area contributed by atoms with Crippen LogP contribution < -0.4 is 10.6 Å². The van der Waals surface area contributed by atoms with E-state index in [9.17, 15) is 0 Å². The lowest BCUT2D eigenvalue weighted by Gasteiger charge is -2.09. The Kier molecular flexibility index (Phi) is 5.11. The summed E-state index contributed by atoms with van der Waals surface area (Å²) in [6.45, 7) is 5.53. The largest absolute Gasteiger partial charge is 0.364 e. The molecule has 0 aliphatic heterocycles. The van der Waals surface area contributed by atoms with Gasteiger partial charge in [-0.05, 0) is 13.8 Å². The Balaban J connectivity index is 1.74. The molecule has 0 spiro atoms. The first kappa shape index (κ1) is 14.5. The van der Waals surface area contributed by atoms with E-state index in [1.54, 1.807) is 24.6 Å². The van der Waals surface area contributed by atoms with Crippen LogP contribution in [0.5, 0.6) is 0 Å². The van der Waals surface area contributed by atoms with Crippen molar-refractivity contribution in [2.75, 3.05) is 13.6 Å². The summed E-state index contributed by atoms with van der Waals surface area (Å²) in [4.78, 5) is 9.96. The number of rotatable bonds is 5. The lowest BCUT2D eigenvalue weighted by atomic mass is 10.4. The predicted octanol–water partition coefficient (Wildman–Crippen LogP) is 1.66. The van der Waals surface area contributed by atoms with Crippen LogP contribution in [0.3, 0.4) is 0 Å². The third kappa shape index (κ3) is 4.06. The average Bonchev–Trinajstić information content (AvgIpc) is 3.05. The summed E-state index contributed by atoms with van der Waals surface area (Å²) in [5, 5.41) is 11.4. The maximum Gasteiger partial charge on any atom is 0.191 e. The lowest BCUT2D eigenvalue weighted by Crippen LogP contribution is -2.37. The molecule has 20 heavy (non-hydrogen) atoms. The van der Waals surface area contributed by atoms with Gasteiger partial charge in [-0.2, -0.15) is 0 Å². The molecule has 0 aliphatic carbocycles. The molecule has 0 saturated carbocycles. The van der Waals surface area contributed by atoms with Crippen LogP contribution in [-0.4, -0.2) is 29.7 Å². The Hall–Kier alpha value is -1.89. The minimum atomic E-state index is 0.589. The van der Waals surface area contributed by atoms with Crippen molar-refractivity contribution in [3.05, 3.63) is 33.6 Å². The number of thiazole rings is 1. The van der Waals surface area contributed by atoms with Crippen molar-refractivity contribution in [1.82, 2.24) is 20.8 Å². The van der Waals surface area contributed by atoms with Gasteiger partial charge in [-0.3, -0.25) is 4.99 Å². The van der Waals surface area contributed by atoms with Crippen molar-refractivity contribution in [2.45, 2.75) is 26.8 Å². The second-order valence-electron chi connectivity index (χ2n) is 4.34. The number of guanidine groups is 1. The molecular formula is C13H19N5OS. The van der Waals surface area contributed by atoms with E-state index in [4.69, 9.17) is 4.52 Å². The van der Waals surface area contributed by atoms with E-state index in [1.165, 1.54) is 4.88 Å². The van der Waals surface area contributed by atoms with Crippen molar-refractivity contribution in [1.29, 1.82) is 0 Å². The van der Waals surface area contributed by atoms with Gasteiger partial charge in [0, 0.05) is 31.0 Å². The molecule has 0 bridgehead atoms. The van der Waals surface area contributed by atoms with Crippen LogP contribution in [0.4, 0.5) is 0 Å².